The zero-order chi connectivity index (χ0) is 17.2. The molecule has 0 saturated carbocycles. The van der Waals surface area contributed by atoms with E-state index in [1.807, 2.05) is 14.0 Å². The van der Waals surface area contributed by atoms with E-state index in [9.17, 15) is 0 Å². The van der Waals surface area contributed by atoms with Crippen molar-refractivity contribution in [2.75, 3.05) is 0 Å². The van der Waals surface area contributed by atoms with Crippen LogP contribution in [-0.4, -0.2) is 20.6 Å². The van der Waals surface area contributed by atoms with Gasteiger partial charge in [-0.1, -0.05) is 57.1 Å². The molecule has 1 aromatic carbocycles. The maximum absolute atomic E-state index is 8.72. The standard InChI is InChI=1S/C18H26N4O/c1-12(16(19)21-23)10-13-6-8-14(9-7-13)15-11-22(5)17(20-15)18(2,3)4/h6-9,11-12,23H,10H2,1-5H3,(H2,19,21)/t12-/m0/s1. The van der Waals surface area contributed by atoms with Crippen molar-refractivity contribution in [2.24, 2.45) is 23.9 Å². The van der Waals surface area contributed by atoms with Gasteiger partial charge in [0, 0.05) is 30.1 Å². The predicted molar refractivity (Wildman–Crippen MR) is 93.6 cm³/mol. The van der Waals surface area contributed by atoms with Crippen LogP contribution in [0.25, 0.3) is 11.3 Å². The first-order valence-corrected chi connectivity index (χ1v) is 7.83. The summed E-state index contributed by atoms with van der Waals surface area (Å²) in [4.78, 5) is 4.77. The van der Waals surface area contributed by atoms with Crippen LogP contribution in [0.15, 0.2) is 35.6 Å². The zero-order valence-electron chi connectivity index (χ0n) is 14.5. The quantitative estimate of drug-likeness (QED) is 0.393. The van der Waals surface area contributed by atoms with E-state index in [4.69, 9.17) is 15.9 Å². The van der Waals surface area contributed by atoms with Crippen LogP contribution in [0.4, 0.5) is 0 Å². The summed E-state index contributed by atoms with van der Waals surface area (Å²) in [7, 11) is 2.03. The highest BCUT2D eigenvalue weighted by Crippen LogP contribution is 2.26. The number of oxime groups is 1. The van der Waals surface area contributed by atoms with Crippen LogP contribution >= 0.6 is 0 Å². The Morgan fingerprint density at radius 3 is 2.39 bits per heavy atom. The van der Waals surface area contributed by atoms with E-state index >= 15 is 0 Å². The largest absolute Gasteiger partial charge is 0.409 e. The minimum Gasteiger partial charge on any atom is -0.409 e. The first-order valence-electron chi connectivity index (χ1n) is 7.83. The molecule has 0 spiro atoms. The van der Waals surface area contributed by atoms with Crippen molar-refractivity contribution in [3.63, 3.8) is 0 Å². The lowest BCUT2D eigenvalue weighted by atomic mass is 9.96. The highest BCUT2D eigenvalue weighted by molar-refractivity contribution is 5.82. The third-order valence-electron chi connectivity index (χ3n) is 3.96. The number of benzene rings is 1. The average molecular weight is 314 g/mol. The van der Waals surface area contributed by atoms with Crippen LogP contribution < -0.4 is 5.73 Å². The van der Waals surface area contributed by atoms with Crippen molar-refractivity contribution in [3.05, 3.63) is 41.9 Å². The second-order valence-corrected chi connectivity index (χ2v) is 7.14. The Kier molecular flexibility index (Phi) is 4.78. The number of rotatable bonds is 4. The number of aryl methyl sites for hydroxylation is 1. The smallest absolute Gasteiger partial charge is 0.142 e. The molecule has 0 aliphatic rings. The molecule has 0 amide bonds. The molecule has 0 saturated heterocycles. The van der Waals surface area contributed by atoms with E-state index in [2.05, 4.69) is 61.0 Å². The second-order valence-electron chi connectivity index (χ2n) is 7.14. The maximum Gasteiger partial charge on any atom is 0.142 e. The van der Waals surface area contributed by atoms with Gasteiger partial charge in [0.1, 0.15) is 11.7 Å². The van der Waals surface area contributed by atoms with Gasteiger partial charge in [-0.2, -0.15) is 0 Å². The van der Waals surface area contributed by atoms with Crippen LogP contribution in [0, 0.1) is 5.92 Å². The van der Waals surface area contributed by atoms with E-state index < -0.39 is 0 Å². The predicted octanol–water partition coefficient (Wildman–Crippen LogP) is 3.31. The number of imidazole rings is 1. The molecule has 0 bridgehead atoms. The third-order valence-corrected chi connectivity index (χ3v) is 3.96. The van der Waals surface area contributed by atoms with Crippen LogP contribution in [-0.2, 0) is 18.9 Å². The fraction of sp³-hybridized carbons (Fsp3) is 0.444. The normalized spacial score (nSPS) is 14.0. The van der Waals surface area contributed by atoms with Gasteiger partial charge >= 0.3 is 0 Å². The lowest BCUT2D eigenvalue weighted by molar-refractivity contribution is 0.314. The van der Waals surface area contributed by atoms with Gasteiger partial charge in [-0.25, -0.2) is 4.98 Å². The molecule has 1 heterocycles. The van der Waals surface area contributed by atoms with Crippen LogP contribution in [0.5, 0.6) is 0 Å². The molecule has 2 rings (SSSR count). The fourth-order valence-electron chi connectivity index (χ4n) is 2.67. The first kappa shape index (κ1) is 17.1. The monoisotopic (exact) mass is 314 g/mol. The lowest BCUT2D eigenvalue weighted by Gasteiger charge is -2.17. The summed E-state index contributed by atoms with van der Waals surface area (Å²) >= 11 is 0. The van der Waals surface area contributed by atoms with Gasteiger partial charge < -0.3 is 15.5 Å². The van der Waals surface area contributed by atoms with Crippen molar-refractivity contribution in [3.8, 4) is 11.3 Å². The molecule has 5 heteroatoms. The first-order chi connectivity index (χ1) is 10.7. The van der Waals surface area contributed by atoms with Gasteiger partial charge in [0.25, 0.3) is 0 Å². The summed E-state index contributed by atoms with van der Waals surface area (Å²) in [5.41, 5.74) is 8.88. The molecule has 0 unspecified atom stereocenters. The van der Waals surface area contributed by atoms with Crippen LogP contribution in [0.2, 0.25) is 0 Å². The molecule has 124 valence electrons. The molecule has 3 N–H and O–H groups in total. The van der Waals surface area contributed by atoms with Crippen molar-refractivity contribution < 1.29 is 5.21 Å². The van der Waals surface area contributed by atoms with Gasteiger partial charge in [0.15, 0.2) is 0 Å². The van der Waals surface area contributed by atoms with Crippen molar-refractivity contribution in [1.82, 2.24) is 9.55 Å². The van der Waals surface area contributed by atoms with E-state index in [1.54, 1.807) is 0 Å². The number of hydrogen-bond acceptors (Lipinski definition) is 3. The summed E-state index contributed by atoms with van der Waals surface area (Å²) in [6, 6.07) is 8.29. The van der Waals surface area contributed by atoms with Gasteiger partial charge in [0.05, 0.1) is 5.69 Å². The van der Waals surface area contributed by atoms with Gasteiger partial charge in [-0.05, 0) is 12.0 Å². The van der Waals surface area contributed by atoms with Crippen molar-refractivity contribution >= 4 is 5.84 Å². The topological polar surface area (TPSA) is 76.4 Å². The Labute approximate surface area is 137 Å². The average Bonchev–Trinajstić information content (AvgIpc) is 2.89. The minimum atomic E-state index is 0.00759. The Morgan fingerprint density at radius 2 is 1.91 bits per heavy atom. The Balaban J connectivity index is 2.20. The van der Waals surface area contributed by atoms with Crippen LogP contribution in [0.3, 0.4) is 0 Å². The van der Waals surface area contributed by atoms with Gasteiger partial charge in [0.2, 0.25) is 0 Å². The number of aromatic nitrogens is 2. The highest BCUT2D eigenvalue weighted by atomic mass is 16.4. The number of nitrogens with two attached hydrogens (primary N) is 1. The summed E-state index contributed by atoms with van der Waals surface area (Å²) in [5.74, 6) is 1.33. The third kappa shape index (κ3) is 3.92. The van der Waals surface area contributed by atoms with E-state index in [0.717, 1.165) is 29.1 Å². The number of hydrogen-bond donors (Lipinski definition) is 2. The van der Waals surface area contributed by atoms with Gasteiger partial charge in [-0.15, -0.1) is 0 Å². The number of amidine groups is 1. The molecule has 5 nitrogen and oxygen atoms in total. The van der Waals surface area contributed by atoms with E-state index in [1.165, 1.54) is 0 Å². The SMILES string of the molecule is C[C@@H](Cc1ccc(-c2cn(C)c(C(C)(C)C)n2)cc1)C(N)=NO. The molecule has 1 atom stereocenters. The molecule has 1 aromatic heterocycles. The second kappa shape index (κ2) is 6.44. The molecule has 0 aliphatic heterocycles. The molecule has 2 aromatic rings. The van der Waals surface area contributed by atoms with E-state index in [-0.39, 0.29) is 17.2 Å². The molecule has 0 aliphatic carbocycles. The van der Waals surface area contributed by atoms with Gasteiger partial charge in [-0.3, -0.25) is 0 Å². The van der Waals surface area contributed by atoms with E-state index in [0.29, 0.717) is 0 Å². The summed E-state index contributed by atoms with van der Waals surface area (Å²) < 4.78 is 2.09. The maximum atomic E-state index is 8.72. The molecular weight excluding hydrogens is 288 g/mol. The lowest BCUT2D eigenvalue weighted by Crippen LogP contribution is -2.22. The summed E-state index contributed by atoms with van der Waals surface area (Å²) in [6.45, 7) is 8.43. The summed E-state index contributed by atoms with van der Waals surface area (Å²) in [5, 5.41) is 11.8. The summed E-state index contributed by atoms with van der Waals surface area (Å²) in [6.07, 6.45) is 2.81. The zero-order valence-corrected chi connectivity index (χ0v) is 14.5. The minimum absolute atomic E-state index is 0.00759. The van der Waals surface area contributed by atoms with Crippen LogP contribution in [0.1, 0.15) is 39.1 Å². The Bertz CT molecular complexity index is 693. The Morgan fingerprint density at radius 1 is 1.30 bits per heavy atom. The molecular formula is C18H26N4O. The molecule has 0 fully saturated rings. The molecule has 23 heavy (non-hydrogen) atoms. The molecule has 0 radical (unpaired) electrons. The van der Waals surface area contributed by atoms with Crippen molar-refractivity contribution in [1.29, 1.82) is 0 Å². The number of nitrogens with zero attached hydrogens (tertiary/aromatic N) is 3. The Hall–Kier alpha value is -2.30. The van der Waals surface area contributed by atoms with Crippen molar-refractivity contribution in [2.45, 2.75) is 39.5 Å². The highest BCUT2D eigenvalue weighted by Gasteiger charge is 2.20. The fourth-order valence-corrected chi connectivity index (χ4v) is 2.67.